The zero-order chi connectivity index (χ0) is 14.7. The molecule has 1 amide bonds. The molecule has 1 aliphatic heterocycles. The van der Waals surface area contributed by atoms with Crippen molar-refractivity contribution in [1.82, 2.24) is 5.43 Å². The minimum absolute atomic E-state index is 0.186. The Morgan fingerprint density at radius 3 is 2.71 bits per heavy atom. The van der Waals surface area contributed by atoms with Crippen LogP contribution in [0, 0.1) is 3.57 Å². The molecule has 0 aliphatic carbocycles. The van der Waals surface area contributed by atoms with Crippen LogP contribution in [0.2, 0.25) is 0 Å². The van der Waals surface area contributed by atoms with Crippen molar-refractivity contribution in [2.24, 2.45) is 5.10 Å². The third-order valence-electron chi connectivity index (χ3n) is 2.88. The summed E-state index contributed by atoms with van der Waals surface area (Å²) in [6.07, 6.45) is 1.60. The number of hydrogen-bond acceptors (Lipinski definition) is 4. The Kier molecular flexibility index (Phi) is 4.05. The van der Waals surface area contributed by atoms with E-state index in [0.29, 0.717) is 17.1 Å². The van der Waals surface area contributed by atoms with Crippen LogP contribution in [-0.2, 0) is 0 Å². The number of halogens is 1. The molecule has 0 atom stereocenters. The van der Waals surface area contributed by atoms with Gasteiger partial charge in [0.1, 0.15) is 0 Å². The van der Waals surface area contributed by atoms with Gasteiger partial charge in [-0.1, -0.05) is 12.1 Å². The Bertz CT molecular complexity index is 699. The zero-order valence-electron chi connectivity index (χ0n) is 10.9. The number of fused-ring (bicyclic) bond motifs is 1. The molecule has 6 heteroatoms. The number of hydrogen-bond donors (Lipinski definition) is 1. The van der Waals surface area contributed by atoms with Crippen LogP contribution in [0.4, 0.5) is 0 Å². The molecule has 0 bridgehead atoms. The lowest BCUT2D eigenvalue weighted by atomic mass is 10.2. The van der Waals surface area contributed by atoms with Crippen LogP contribution in [0.3, 0.4) is 0 Å². The number of ether oxygens (including phenoxy) is 2. The number of carbonyl (C=O) groups excluding carboxylic acids is 1. The lowest BCUT2D eigenvalue weighted by Crippen LogP contribution is -2.17. The van der Waals surface area contributed by atoms with Crippen molar-refractivity contribution >= 4 is 34.7 Å². The number of rotatable bonds is 3. The zero-order valence-corrected chi connectivity index (χ0v) is 13.0. The Balaban J connectivity index is 1.65. The largest absolute Gasteiger partial charge is 0.454 e. The summed E-state index contributed by atoms with van der Waals surface area (Å²) in [5, 5.41) is 3.94. The Hall–Kier alpha value is -2.09. The number of carbonyl (C=O) groups is 1. The highest BCUT2D eigenvalue weighted by molar-refractivity contribution is 14.1. The minimum atomic E-state index is -0.296. The Morgan fingerprint density at radius 2 is 1.90 bits per heavy atom. The van der Waals surface area contributed by atoms with E-state index in [9.17, 15) is 4.79 Å². The number of nitrogens with one attached hydrogen (secondary N) is 1. The van der Waals surface area contributed by atoms with E-state index in [1.165, 1.54) is 0 Å². The molecule has 2 aromatic carbocycles. The van der Waals surface area contributed by atoms with Crippen molar-refractivity contribution < 1.29 is 14.3 Å². The van der Waals surface area contributed by atoms with Gasteiger partial charge in [0.05, 0.1) is 6.21 Å². The van der Waals surface area contributed by atoms with E-state index in [4.69, 9.17) is 9.47 Å². The molecule has 21 heavy (non-hydrogen) atoms. The standard InChI is InChI=1S/C15H11IN2O3/c16-12-4-1-10(2-5-12)8-17-18-15(19)11-3-6-13-14(7-11)21-9-20-13/h1-8H,9H2,(H,18,19)/b17-8-. The highest BCUT2D eigenvalue weighted by Gasteiger charge is 2.15. The second-order valence-corrected chi connectivity index (χ2v) is 5.56. The molecular weight excluding hydrogens is 383 g/mol. The van der Waals surface area contributed by atoms with Gasteiger partial charge in [0.2, 0.25) is 6.79 Å². The summed E-state index contributed by atoms with van der Waals surface area (Å²) in [6, 6.07) is 12.8. The van der Waals surface area contributed by atoms with Crippen molar-refractivity contribution in [1.29, 1.82) is 0 Å². The van der Waals surface area contributed by atoms with Gasteiger partial charge in [0.25, 0.3) is 5.91 Å². The van der Waals surface area contributed by atoms with Crippen molar-refractivity contribution in [2.75, 3.05) is 6.79 Å². The second-order valence-electron chi connectivity index (χ2n) is 4.32. The van der Waals surface area contributed by atoms with Gasteiger partial charge in [-0.2, -0.15) is 5.10 Å². The lowest BCUT2D eigenvalue weighted by Gasteiger charge is -2.01. The first-order valence-corrected chi connectivity index (χ1v) is 7.29. The van der Waals surface area contributed by atoms with Crippen LogP contribution in [0.25, 0.3) is 0 Å². The van der Waals surface area contributed by atoms with Gasteiger partial charge in [-0.05, 0) is 58.5 Å². The predicted octanol–water partition coefficient (Wildman–Crippen LogP) is 2.78. The van der Waals surface area contributed by atoms with Gasteiger partial charge in [0.15, 0.2) is 11.5 Å². The van der Waals surface area contributed by atoms with E-state index in [0.717, 1.165) is 9.13 Å². The molecule has 0 radical (unpaired) electrons. The fourth-order valence-corrected chi connectivity index (χ4v) is 2.18. The Morgan fingerprint density at radius 1 is 1.14 bits per heavy atom. The third kappa shape index (κ3) is 3.33. The number of nitrogens with zero attached hydrogens (tertiary/aromatic N) is 1. The molecule has 1 aliphatic rings. The van der Waals surface area contributed by atoms with Crippen LogP contribution in [-0.4, -0.2) is 18.9 Å². The molecule has 3 rings (SSSR count). The fraction of sp³-hybridized carbons (Fsp3) is 0.0667. The lowest BCUT2D eigenvalue weighted by molar-refractivity contribution is 0.0954. The molecule has 5 nitrogen and oxygen atoms in total. The molecule has 0 spiro atoms. The first kappa shape index (κ1) is 13.9. The monoisotopic (exact) mass is 394 g/mol. The molecule has 0 unspecified atom stereocenters. The highest BCUT2D eigenvalue weighted by atomic mass is 127. The number of amides is 1. The SMILES string of the molecule is O=C(N/N=C\c1ccc(I)cc1)c1ccc2c(c1)OCO2. The smallest absolute Gasteiger partial charge is 0.271 e. The fourth-order valence-electron chi connectivity index (χ4n) is 1.82. The average molecular weight is 394 g/mol. The summed E-state index contributed by atoms with van der Waals surface area (Å²) in [4.78, 5) is 12.0. The third-order valence-corrected chi connectivity index (χ3v) is 3.60. The molecule has 106 valence electrons. The molecule has 2 aromatic rings. The highest BCUT2D eigenvalue weighted by Crippen LogP contribution is 2.32. The summed E-state index contributed by atoms with van der Waals surface area (Å²) in [5.74, 6) is 0.924. The van der Waals surface area contributed by atoms with E-state index in [-0.39, 0.29) is 12.7 Å². The molecule has 0 aromatic heterocycles. The van der Waals surface area contributed by atoms with Crippen LogP contribution in [0.1, 0.15) is 15.9 Å². The Labute approximate surface area is 135 Å². The van der Waals surface area contributed by atoms with E-state index < -0.39 is 0 Å². The maximum absolute atomic E-state index is 12.0. The topological polar surface area (TPSA) is 59.9 Å². The molecule has 0 saturated carbocycles. The van der Waals surface area contributed by atoms with Crippen molar-refractivity contribution in [3.8, 4) is 11.5 Å². The molecule has 0 fully saturated rings. The summed E-state index contributed by atoms with van der Waals surface area (Å²) < 4.78 is 11.6. The normalized spacial score (nSPS) is 12.6. The molecular formula is C15H11IN2O3. The van der Waals surface area contributed by atoms with Gasteiger partial charge < -0.3 is 9.47 Å². The van der Waals surface area contributed by atoms with Crippen LogP contribution >= 0.6 is 22.6 Å². The van der Waals surface area contributed by atoms with E-state index >= 15 is 0 Å². The van der Waals surface area contributed by atoms with Crippen molar-refractivity contribution in [3.63, 3.8) is 0 Å². The quantitative estimate of drug-likeness (QED) is 0.495. The van der Waals surface area contributed by atoms with E-state index in [1.807, 2.05) is 24.3 Å². The molecule has 1 N–H and O–H groups in total. The van der Waals surface area contributed by atoms with Crippen LogP contribution in [0.15, 0.2) is 47.6 Å². The minimum Gasteiger partial charge on any atom is -0.454 e. The number of benzene rings is 2. The van der Waals surface area contributed by atoms with Gasteiger partial charge in [-0.3, -0.25) is 4.79 Å². The summed E-state index contributed by atoms with van der Waals surface area (Å²) >= 11 is 2.23. The maximum atomic E-state index is 12.0. The van der Waals surface area contributed by atoms with Crippen molar-refractivity contribution in [2.45, 2.75) is 0 Å². The van der Waals surface area contributed by atoms with E-state index in [1.54, 1.807) is 24.4 Å². The van der Waals surface area contributed by atoms with Gasteiger partial charge in [0, 0.05) is 9.13 Å². The molecule has 0 saturated heterocycles. The van der Waals surface area contributed by atoms with Gasteiger partial charge >= 0.3 is 0 Å². The maximum Gasteiger partial charge on any atom is 0.271 e. The summed E-state index contributed by atoms with van der Waals surface area (Å²) in [6.45, 7) is 0.186. The predicted molar refractivity (Wildman–Crippen MR) is 86.8 cm³/mol. The van der Waals surface area contributed by atoms with E-state index in [2.05, 4.69) is 33.1 Å². The van der Waals surface area contributed by atoms with Crippen LogP contribution < -0.4 is 14.9 Å². The number of hydrazone groups is 1. The summed E-state index contributed by atoms with van der Waals surface area (Å²) in [5.41, 5.74) is 3.87. The first-order chi connectivity index (χ1) is 10.2. The first-order valence-electron chi connectivity index (χ1n) is 6.21. The van der Waals surface area contributed by atoms with Crippen molar-refractivity contribution in [3.05, 3.63) is 57.2 Å². The summed E-state index contributed by atoms with van der Waals surface area (Å²) in [7, 11) is 0. The second kappa shape index (κ2) is 6.13. The molecule has 1 heterocycles. The van der Waals surface area contributed by atoms with Gasteiger partial charge in [-0.25, -0.2) is 5.43 Å². The average Bonchev–Trinajstić information content (AvgIpc) is 2.96. The van der Waals surface area contributed by atoms with Gasteiger partial charge in [-0.15, -0.1) is 0 Å². The van der Waals surface area contributed by atoms with Crippen LogP contribution in [0.5, 0.6) is 11.5 Å².